The molecule has 106 valence electrons. The van der Waals surface area contributed by atoms with Crippen LogP contribution in [0.25, 0.3) is 0 Å². The van der Waals surface area contributed by atoms with Crippen molar-refractivity contribution in [3.05, 3.63) is 62.5 Å². The fourth-order valence-corrected chi connectivity index (χ4v) is 2.89. The molecular weight excluding hydrogens is 361 g/mol. The Hall–Kier alpha value is -0.740. The van der Waals surface area contributed by atoms with E-state index < -0.39 is 5.54 Å². The van der Waals surface area contributed by atoms with Crippen LogP contribution >= 0.6 is 39.1 Å². The van der Waals surface area contributed by atoms with Crippen LogP contribution in [0.2, 0.25) is 10.0 Å². The van der Waals surface area contributed by atoms with E-state index in [9.17, 15) is 5.11 Å². The predicted octanol–water partition coefficient (Wildman–Crippen LogP) is 5.08. The smallest absolute Gasteiger partial charge is 0.0843 e. The fraction of sp³-hybridized carbons (Fsp3) is 0.200. The first-order valence-electron chi connectivity index (χ1n) is 6.05. The molecule has 0 saturated heterocycles. The van der Waals surface area contributed by atoms with Gasteiger partial charge in [-0.3, -0.25) is 0 Å². The normalized spacial score (nSPS) is 13.8. The fourth-order valence-electron chi connectivity index (χ4n) is 2.00. The van der Waals surface area contributed by atoms with Crippen LogP contribution in [-0.4, -0.2) is 11.7 Å². The topological polar surface area (TPSA) is 32.3 Å². The number of benzene rings is 2. The lowest BCUT2D eigenvalue weighted by atomic mass is 9.92. The third-order valence-electron chi connectivity index (χ3n) is 3.08. The van der Waals surface area contributed by atoms with Gasteiger partial charge in [-0.2, -0.15) is 0 Å². The van der Waals surface area contributed by atoms with Crippen LogP contribution in [-0.2, 0) is 5.54 Å². The Morgan fingerprint density at radius 3 is 2.60 bits per heavy atom. The van der Waals surface area contributed by atoms with E-state index in [4.69, 9.17) is 23.2 Å². The SMILES string of the molecule is CC(CO)(Nc1cccc(Br)c1)c1cc(Cl)ccc1Cl. The van der Waals surface area contributed by atoms with Crippen molar-refractivity contribution < 1.29 is 5.11 Å². The zero-order valence-corrected chi connectivity index (χ0v) is 13.9. The molecule has 2 nitrogen and oxygen atoms in total. The van der Waals surface area contributed by atoms with E-state index in [-0.39, 0.29) is 6.61 Å². The maximum absolute atomic E-state index is 9.81. The van der Waals surface area contributed by atoms with Crippen molar-refractivity contribution in [3.8, 4) is 0 Å². The highest BCUT2D eigenvalue weighted by Crippen LogP contribution is 2.33. The number of hydrogen-bond donors (Lipinski definition) is 2. The van der Waals surface area contributed by atoms with Crippen LogP contribution in [0.1, 0.15) is 12.5 Å². The molecule has 1 atom stereocenters. The summed E-state index contributed by atoms with van der Waals surface area (Å²) in [6.45, 7) is 1.77. The number of hydrogen-bond acceptors (Lipinski definition) is 2. The van der Waals surface area contributed by atoms with E-state index >= 15 is 0 Å². The van der Waals surface area contributed by atoms with Gasteiger partial charge in [-0.1, -0.05) is 45.2 Å². The molecular formula is C15H14BrCl2NO. The summed E-state index contributed by atoms with van der Waals surface area (Å²) < 4.78 is 0.958. The van der Waals surface area contributed by atoms with Crippen LogP contribution in [0.3, 0.4) is 0 Å². The van der Waals surface area contributed by atoms with Gasteiger partial charge in [0.15, 0.2) is 0 Å². The molecule has 0 radical (unpaired) electrons. The average Bonchev–Trinajstić information content (AvgIpc) is 2.41. The lowest BCUT2D eigenvalue weighted by Crippen LogP contribution is -2.36. The number of rotatable bonds is 4. The maximum Gasteiger partial charge on any atom is 0.0843 e. The van der Waals surface area contributed by atoms with Crippen LogP contribution in [0.15, 0.2) is 46.9 Å². The van der Waals surface area contributed by atoms with Gasteiger partial charge in [-0.15, -0.1) is 0 Å². The number of nitrogens with one attached hydrogen (secondary N) is 1. The summed E-state index contributed by atoms with van der Waals surface area (Å²) in [5, 5.41) is 14.3. The van der Waals surface area contributed by atoms with Crippen molar-refractivity contribution in [2.75, 3.05) is 11.9 Å². The molecule has 1 unspecified atom stereocenters. The van der Waals surface area contributed by atoms with Gasteiger partial charge in [0.1, 0.15) is 0 Å². The Balaban J connectivity index is 2.40. The molecule has 0 aromatic heterocycles. The molecule has 2 rings (SSSR count). The van der Waals surface area contributed by atoms with Crippen LogP contribution in [0.5, 0.6) is 0 Å². The molecule has 0 aliphatic carbocycles. The van der Waals surface area contributed by atoms with E-state index in [0.29, 0.717) is 10.0 Å². The van der Waals surface area contributed by atoms with E-state index in [0.717, 1.165) is 15.7 Å². The molecule has 0 aliphatic rings. The summed E-state index contributed by atoms with van der Waals surface area (Å²) in [6.07, 6.45) is 0. The Bertz CT molecular complexity index is 621. The van der Waals surface area contributed by atoms with E-state index in [1.807, 2.05) is 31.2 Å². The van der Waals surface area contributed by atoms with Gasteiger partial charge in [0.05, 0.1) is 12.1 Å². The van der Waals surface area contributed by atoms with E-state index in [1.165, 1.54) is 0 Å². The molecule has 0 fully saturated rings. The minimum Gasteiger partial charge on any atom is -0.394 e. The lowest BCUT2D eigenvalue weighted by molar-refractivity contribution is 0.224. The monoisotopic (exact) mass is 373 g/mol. The third-order valence-corrected chi connectivity index (χ3v) is 4.14. The third kappa shape index (κ3) is 3.47. The van der Waals surface area contributed by atoms with Crippen LogP contribution < -0.4 is 5.32 Å². The summed E-state index contributed by atoms with van der Waals surface area (Å²) in [5.74, 6) is 0. The van der Waals surface area contributed by atoms with Crippen LogP contribution in [0, 0.1) is 0 Å². The van der Waals surface area contributed by atoms with Gasteiger partial charge in [0, 0.05) is 20.2 Å². The number of halogens is 3. The van der Waals surface area contributed by atoms with Gasteiger partial charge >= 0.3 is 0 Å². The minimum atomic E-state index is -0.719. The Morgan fingerprint density at radius 2 is 1.95 bits per heavy atom. The second kappa shape index (κ2) is 6.35. The Morgan fingerprint density at radius 1 is 1.20 bits per heavy atom. The minimum absolute atomic E-state index is 0.112. The first-order valence-corrected chi connectivity index (χ1v) is 7.60. The van der Waals surface area contributed by atoms with Crippen molar-refractivity contribution in [1.29, 1.82) is 0 Å². The Labute approximate surface area is 136 Å². The molecule has 2 aromatic carbocycles. The van der Waals surface area contributed by atoms with Gasteiger partial charge in [-0.05, 0) is 48.9 Å². The second-order valence-electron chi connectivity index (χ2n) is 4.75. The lowest BCUT2D eigenvalue weighted by Gasteiger charge is -2.31. The Kier molecular flexibility index (Phi) is 4.97. The van der Waals surface area contributed by atoms with Gasteiger partial charge in [0.2, 0.25) is 0 Å². The largest absolute Gasteiger partial charge is 0.394 e. The van der Waals surface area contributed by atoms with Crippen molar-refractivity contribution in [1.82, 2.24) is 0 Å². The van der Waals surface area contributed by atoms with Crippen molar-refractivity contribution in [2.45, 2.75) is 12.5 Å². The summed E-state index contributed by atoms with van der Waals surface area (Å²) >= 11 is 15.7. The standard InChI is InChI=1S/C15H14BrCl2NO/c1-15(9-20,13-8-11(17)5-6-14(13)18)19-12-4-2-3-10(16)7-12/h2-8,19-20H,9H2,1H3. The summed E-state index contributed by atoms with van der Waals surface area (Å²) in [6, 6.07) is 13.0. The number of anilines is 1. The molecule has 0 aliphatic heterocycles. The van der Waals surface area contributed by atoms with E-state index in [1.54, 1.807) is 18.2 Å². The highest BCUT2D eigenvalue weighted by molar-refractivity contribution is 9.10. The highest BCUT2D eigenvalue weighted by Gasteiger charge is 2.28. The highest BCUT2D eigenvalue weighted by atomic mass is 79.9. The molecule has 0 saturated carbocycles. The molecule has 0 spiro atoms. The van der Waals surface area contributed by atoms with Gasteiger partial charge in [0.25, 0.3) is 0 Å². The number of aliphatic hydroxyl groups is 1. The first-order chi connectivity index (χ1) is 9.44. The first kappa shape index (κ1) is 15.6. The van der Waals surface area contributed by atoms with Crippen LogP contribution in [0.4, 0.5) is 5.69 Å². The second-order valence-corrected chi connectivity index (χ2v) is 6.51. The molecule has 0 bridgehead atoms. The predicted molar refractivity (Wildman–Crippen MR) is 88.7 cm³/mol. The zero-order chi connectivity index (χ0) is 14.8. The molecule has 20 heavy (non-hydrogen) atoms. The molecule has 2 N–H and O–H groups in total. The molecule has 0 heterocycles. The van der Waals surface area contributed by atoms with Gasteiger partial charge in [-0.25, -0.2) is 0 Å². The quantitative estimate of drug-likeness (QED) is 0.782. The number of aliphatic hydroxyl groups excluding tert-OH is 1. The van der Waals surface area contributed by atoms with E-state index in [2.05, 4.69) is 21.2 Å². The van der Waals surface area contributed by atoms with Gasteiger partial charge < -0.3 is 10.4 Å². The molecule has 0 amide bonds. The van der Waals surface area contributed by atoms with Crippen molar-refractivity contribution in [3.63, 3.8) is 0 Å². The molecule has 2 aromatic rings. The summed E-state index contributed by atoms with van der Waals surface area (Å²) in [7, 11) is 0. The van der Waals surface area contributed by atoms with Crippen molar-refractivity contribution in [2.24, 2.45) is 0 Å². The summed E-state index contributed by atoms with van der Waals surface area (Å²) in [4.78, 5) is 0. The average molecular weight is 375 g/mol. The van der Waals surface area contributed by atoms with Crippen molar-refractivity contribution >= 4 is 44.8 Å². The molecule has 5 heteroatoms. The maximum atomic E-state index is 9.81. The summed E-state index contributed by atoms with van der Waals surface area (Å²) in [5.41, 5.74) is 0.920. The zero-order valence-electron chi connectivity index (χ0n) is 10.8.